The summed E-state index contributed by atoms with van der Waals surface area (Å²) in [5.41, 5.74) is 6.37. The van der Waals surface area contributed by atoms with E-state index in [1.165, 1.54) is 4.90 Å². The number of carboxylic acids is 1. The average molecular weight is 282 g/mol. The van der Waals surface area contributed by atoms with E-state index in [9.17, 15) is 9.59 Å². The molecule has 0 unspecified atom stereocenters. The molecular formula is C13H18N2O3S. The summed E-state index contributed by atoms with van der Waals surface area (Å²) in [5.74, 6) is -0.653. The molecule has 104 valence electrons. The van der Waals surface area contributed by atoms with E-state index in [-0.39, 0.29) is 12.5 Å². The van der Waals surface area contributed by atoms with Gasteiger partial charge in [0.1, 0.15) is 6.54 Å². The minimum absolute atomic E-state index is 0.359. The molecule has 0 saturated heterocycles. The molecule has 1 atom stereocenters. The van der Waals surface area contributed by atoms with Crippen LogP contribution in [0.3, 0.4) is 0 Å². The van der Waals surface area contributed by atoms with Crippen LogP contribution in [0.1, 0.15) is 6.42 Å². The zero-order valence-electron chi connectivity index (χ0n) is 10.8. The van der Waals surface area contributed by atoms with Gasteiger partial charge in [0, 0.05) is 5.69 Å². The van der Waals surface area contributed by atoms with E-state index in [1.54, 1.807) is 42.1 Å². The van der Waals surface area contributed by atoms with Gasteiger partial charge in [0.05, 0.1) is 6.04 Å². The average Bonchev–Trinajstić information content (AvgIpc) is 2.42. The molecule has 0 aliphatic rings. The van der Waals surface area contributed by atoms with Crippen molar-refractivity contribution in [2.75, 3.05) is 23.5 Å². The van der Waals surface area contributed by atoms with Crippen molar-refractivity contribution in [3.8, 4) is 0 Å². The third kappa shape index (κ3) is 4.92. The molecule has 19 heavy (non-hydrogen) atoms. The molecule has 3 N–H and O–H groups in total. The van der Waals surface area contributed by atoms with Crippen LogP contribution in [0.2, 0.25) is 0 Å². The fourth-order valence-electron chi connectivity index (χ4n) is 1.61. The zero-order valence-corrected chi connectivity index (χ0v) is 11.6. The Bertz CT molecular complexity index is 425. The molecule has 1 aromatic carbocycles. The first kappa shape index (κ1) is 15.5. The van der Waals surface area contributed by atoms with Crippen LogP contribution in [0.25, 0.3) is 0 Å². The number of anilines is 1. The second kappa shape index (κ2) is 7.81. The zero-order chi connectivity index (χ0) is 14.3. The molecular weight excluding hydrogens is 264 g/mol. The number of benzene rings is 1. The standard InChI is InChI=1S/C13H18N2O3S/c1-19-8-7-11(14)13(18)15(9-12(16)17)10-5-3-2-4-6-10/h2-6,11H,7-9,14H2,1H3,(H,16,17)/t11-/m1/s1. The first-order valence-corrected chi connectivity index (χ1v) is 7.28. The molecule has 6 heteroatoms. The van der Waals surface area contributed by atoms with E-state index in [0.29, 0.717) is 12.1 Å². The van der Waals surface area contributed by atoms with E-state index in [0.717, 1.165) is 5.75 Å². The maximum atomic E-state index is 12.2. The second-order valence-corrected chi connectivity index (χ2v) is 5.03. The maximum absolute atomic E-state index is 12.2. The SMILES string of the molecule is CSCC[C@@H](N)C(=O)N(CC(=O)O)c1ccccc1. The summed E-state index contributed by atoms with van der Waals surface area (Å²) in [5, 5.41) is 8.91. The van der Waals surface area contributed by atoms with Crippen LogP contribution in [0.4, 0.5) is 5.69 Å². The highest BCUT2D eigenvalue weighted by Crippen LogP contribution is 2.15. The quantitative estimate of drug-likeness (QED) is 0.784. The Morgan fingerprint density at radius 2 is 2.00 bits per heavy atom. The summed E-state index contributed by atoms with van der Waals surface area (Å²) in [6.07, 6.45) is 2.46. The van der Waals surface area contributed by atoms with Crippen molar-refractivity contribution in [3.63, 3.8) is 0 Å². The summed E-state index contributed by atoms with van der Waals surface area (Å²) >= 11 is 1.60. The molecule has 0 aromatic heterocycles. The Labute approximate surface area is 116 Å². The molecule has 1 aromatic rings. The molecule has 0 radical (unpaired) electrons. The van der Waals surface area contributed by atoms with E-state index >= 15 is 0 Å². The summed E-state index contributed by atoms with van der Waals surface area (Å²) in [6.45, 7) is -0.379. The van der Waals surface area contributed by atoms with Gasteiger partial charge in [-0.25, -0.2) is 0 Å². The Balaban J connectivity index is 2.85. The number of para-hydroxylation sites is 1. The van der Waals surface area contributed by atoms with Gasteiger partial charge in [-0.1, -0.05) is 18.2 Å². The number of aliphatic carboxylic acids is 1. The third-order valence-electron chi connectivity index (χ3n) is 2.58. The number of nitrogens with two attached hydrogens (primary N) is 1. The highest BCUT2D eigenvalue weighted by atomic mass is 32.2. The largest absolute Gasteiger partial charge is 0.480 e. The van der Waals surface area contributed by atoms with Gasteiger partial charge in [-0.2, -0.15) is 11.8 Å². The normalized spacial score (nSPS) is 11.9. The van der Waals surface area contributed by atoms with E-state index in [2.05, 4.69) is 0 Å². The molecule has 1 rings (SSSR count). The van der Waals surface area contributed by atoms with Crippen molar-refractivity contribution in [1.82, 2.24) is 0 Å². The Hall–Kier alpha value is -1.53. The summed E-state index contributed by atoms with van der Waals surface area (Å²) in [4.78, 5) is 24.3. The van der Waals surface area contributed by atoms with Crippen molar-refractivity contribution in [3.05, 3.63) is 30.3 Å². The van der Waals surface area contributed by atoms with Gasteiger partial charge in [0.2, 0.25) is 5.91 Å². The molecule has 0 heterocycles. The van der Waals surface area contributed by atoms with Crippen molar-refractivity contribution in [1.29, 1.82) is 0 Å². The predicted molar refractivity (Wildman–Crippen MR) is 77.4 cm³/mol. The summed E-state index contributed by atoms with van der Waals surface area (Å²) in [7, 11) is 0. The van der Waals surface area contributed by atoms with E-state index in [4.69, 9.17) is 10.8 Å². The van der Waals surface area contributed by atoms with Crippen LogP contribution in [0, 0.1) is 0 Å². The third-order valence-corrected chi connectivity index (χ3v) is 3.22. The number of thioether (sulfide) groups is 1. The van der Waals surface area contributed by atoms with E-state index in [1.807, 2.05) is 6.26 Å². The van der Waals surface area contributed by atoms with Gasteiger partial charge in [-0.3, -0.25) is 14.5 Å². The van der Waals surface area contributed by atoms with Gasteiger partial charge < -0.3 is 10.8 Å². The van der Waals surface area contributed by atoms with Gasteiger partial charge >= 0.3 is 5.97 Å². The molecule has 0 fully saturated rings. The lowest BCUT2D eigenvalue weighted by atomic mass is 10.2. The van der Waals surface area contributed by atoms with Crippen molar-refractivity contribution >= 4 is 29.3 Å². The monoisotopic (exact) mass is 282 g/mol. The number of rotatable bonds is 7. The molecule has 1 amide bonds. The van der Waals surface area contributed by atoms with Gasteiger partial charge in [-0.05, 0) is 30.6 Å². The van der Waals surface area contributed by atoms with Crippen LogP contribution in [0.5, 0.6) is 0 Å². The number of hydrogen-bond acceptors (Lipinski definition) is 4. The number of carboxylic acid groups (broad SMARTS) is 1. The van der Waals surface area contributed by atoms with Gasteiger partial charge in [-0.15, -0.1) is 0 Å². The van der Waals surface area contributed by atoms with Crippen LogP contribution in [-0.2, 0) is 9.59 Å². The Kier molecular flexibility index (Phi) is 6.38. The summed E-state index contributed by atoms with van der Waals surface area (Å²) < 4.78 is 0. The molecule has 0 spiro atoms. The van der Waals surface area contributed by atoms with Crippen LogP contribution in [0.15, 0.2) is 30.3 Å². The first-order chi connectivity index (χ1) is 9.06. The predicted octanol–water partition coefficient (Wildman–Crippen LogP) is 1.18. The van der Waals surface area contributed by atoms with E-state index < -0.39 is 12.0 Å². The fraction of sp³-hybridized carbons (Fsp3) is 0.385. The van der Waals surface area contributed by atoms with Crippen molar-refractivity contribution in [2.45, 2.75) is 12.5 Å². The molecule has 0 saturated carbocycles. The maximum Gasteiger partial charge on any atom is 0.323 e. The van der Waals surface area contributed by atoms with Gasteiger partial charge in [0.25, 0.3) is 0 Å². The van der Waals surface area contributed by atoms with Crippen molar-refractivity contribution < 1.29 is 14.7 Å². The summed E-state index contributed by atoms with van der Waals surface area (Å²) in [6, 6.07) is 8.03. The molecule has 0 aliphatic carbocycles. The lowest BCUT2D eigenvalue weighted by Gasteiger charge is -2.24. The van der Waals surface area contributed by atoms with Gasteiger partial charge in [0.15, 0.2) is 0 Å². The lowest BCUT2D eigenvalue weighted by Crippen LogP contribution is -2.46. The lowest BCUT2D eigenvalue weighted by molar-refractivity contribution is -0.136. The fourth-order valence-corrected chi connectivity index (χ4v) is 2.10. The van der Waals surface area contributed by atoms with Crippen molar-refractivity contribution in [2.24, 2.45) is 5.73 Å². The highest BCUT2D eigenvalue weighted by Gasteiger charge is 2.23. The number of nitrogens with zero attached hydrogens (tertiary/aromatic N) is 1. The highest BCUT2D eigenvalue weighted by molar-refractivity contribution is 7.98. The first-order valence-electron chi connectivity index (χ1n) is 5.89. The Morgan fingerprint density at radius 1 is 1.37 bits per heavy atom. The van der Waals surface area contributed by atoms with Crippen LogP contribution in [-0.4, -0.2) is 41.6 Å². The number of hydrogen-bond donors (Lipinski definition) is 2. The second-order valence-electron chi connectivity index (χ2n) is 4.04. The smallest absolute Gasteiger partial charge is 0.323 e. The molecule has 5 nitrogen and oxygen atoms in total. The van der Waals surface area contributed by atoms with Crippen LogP contribution < -0.4 is 10.6 Å². The number of carbonyl (C=O) groups excluding carboxylic acids is 1. The van der Waals surface area contributed by atoms with Crippen LogP contribution >= 0.6 is 11.8 Å². The molecule has 0 bridgehead atoms. The number of carbonyl (C=O) groups is 2. The minimum atomic E-state index is -1.06. The topological polar surface area (TPSA) is 83.6 Å². The molecule has 0 aliphatic heterocycles. The number of amides is 1. The Morgan fingerprint density at radius 3 is 2.53 bits per heavy atom. The minimum Gasteiger partial charge on any atom is -0.480 e.